The minimum absolute atomic E-state index is 0.000984. The van der Waals surface area contributed by atoms with Gasteiger partial charge in [0.15, 0.2) is 10.8 Å². The molecule has 0 N–H and O–H groups in total. The van der Waals surface area contributed by atoms with Gasteiger partial charge in [-0.15, -0.1) is 6.58 Å². The summed E-state index contributed by atoms with van der Waals surface area (Å²) in [5.74, 6) is 0. The molecule has 0 saturated heterocycles. The van der Waals surface area contributed by atoms with E-state index in [2.05, 4.69) is 16.5 Å². The van der Waals surface area contributed by atoms with Crippen molar-refractivity contribution in [2.45, 2.75) is 38.5 Å². The normalized spacial score (nSPS) is 11.4. The summed E-state index contributed by atoms with van der Waals surface area (Å²) in [6.45, 7) is 9.74. The van der Waals surface area contributed by atoms with E-state index in [1.54, 1.807) is 45.4 Å². The lowest BCUT2D eigenvalue weighted by molar-refractivity contribution is 0.559. The Balaban J connectivity index is 2.44. The van der Waals surface area contributed by atoms with Crippen LogP contribution in [0.5, 0.6) is 0 Å². The SMILES string of the molecule is C=CCn1c(=O)c2cnc(SC)nc2n1-c1cc(C)c(=O)n(C(C)C)c1. The quantitative estimate of drug-likeness (QED) is 0.391. The molecule has 0 aliphatic rings. The Bertz CT molecular complexity index is 1110. The molecule has 0 atom stereocenters. The second kappa shape index (κ2) is 6.95. The van der Waals surface area contributed by atoms with Gasteiger partial charge in [0.25, 0.3) is 11.1 Å². The highest BCUT2D eigenvalue weighted by atomic mass is 32.2. The smallest absolute Gasteiger partial charge is 0.278 e. The van der Waals surface area contributed by atoms with Crippen molar-refractivity contribution in [3.8, 4) is 5.69 Å². The number of allylic oxidation sites excluding steroid dienone is 1. The zero-order valence-electron chi connectivity index (χ0n) is 15.3. The number of rotatable bonds is 5. The summed E-state index contributed by atoms with van der Waals surface area (Å²) in [4.78, 5) is 34.0. The van der Waals surface area contributed by atoms with Crippen LogP contribution < -0.4 is 11.1 Å². The van der Waals surface area contributed by atoms with E-state index in [0.29, 0.717) is 34.0 Å². The van der Waals surface area contributed by atoms with Crippen molar-refractivity contribution in [2.24, 2.45) is 0 Å². The van der Waals surface area contributed by atoms with E-state index < -0.39 is 0 Å². The molecule has 3 rings (SSSR count). The molecular formula is C18H21N5O2S. The number of pyridine rings is 1. The standard InChI is InChI=1S/C18H21N5O2S/c1-6-7-22-17(25)14-9-19-18(26-5)20-15(14)23(22)13-8-12(4)16(24)21(10-13)11(2)3/h6,8-11H,1,7H2,2-5H3. The van der Waals surface area contributed by atoms with Crippen LogP contribution in [0, 0.1) is 6.92 Å². The van der Waals surface area contributed by atoms with Crippen molar-refractivity contribution in [3.05, 3.63) is 57.4 Å². The van der Waals surface area contributed by atoms with Crippen molar-refractivity contribution < 1.29 is 0 Å². The van der Waals surface area contributed by atoms with Gasteiger partial charge in [-0.1, -0.05) is 17.8 Å². The van der Waals surface area contributed by atoms with Gasteiger partial charge in [0, 0.05) is 24.0 Å². The summed E-state index contributed by atoms with van der Waals surface area (Å²) < 4.78 is 4.96. The van der Waals surface area contributed by atoms with Gasteiger partial charge >= 0.3 is 0 Å². The third-order valence-electron chi connectivity index (χ3n) is 4.15. The van der Waals surface area contributed by atoms with E-state index >= 15 is 0 Å². The Morgan fingerprint density at radius 2 is 2.04 bits per heavy atom. The Labute approximate surface area is 155 Å². The van der Waals surface area contributed by atoms with Crippen LogP contribution in [0.25, 0.3) is 16.7 Å². The van der Waals surface area contributed by atoms with Gasteiger partial charge in [-0.05, 0) is 33.1 Å². The van der Waals surface area contributed by atoms with Gasteiger partial charge in [0.05, 0.1) is 12.2 Å². The monoisotopic (exact) mass is 371 g/mol. The van der Waals surface area contributed by atoms with Crippen molar-refractivity contribution >= 4 is 22.8 Å². The minimum atomic E-state index is -0.187. The Morgan fingerprint density at radius 3 is 2.65 bits per heavy atom. The van der Waals surface area contributed by atoms with E-state index in [1.807, 2.05) is 20.1 Å². The first-order chi connectivity index (χ1) is 12.4. The average molecular weight is 371 g/mol. The van der Waals surface area contributed by atoms with E-state index in [-0.39, 0.29) is 17.2 Å². The van der Waals surface area contributed by atoms with E-state index in [1.165, 1.54) is 11.8 Å². The molecule has 3 heterocycles. The van der Waals surface area contributed by atoms with E-state index in [4.69, 9.17) is 0 Å². The number of hydrogen-bond donors (Lipinski definition) is 0. The zero-order chi connectivity index (χ0) is 19.0. The first kappa shape index (κ1) is 18.2. The molecule has 0 saturated carbocycles. The summed E-state index contributed by atoms with van der Waals surface area (Å²) >= 11 is 1.41. The van der Waals surface area contributed by atoms with Gasteiger partial charge in [0.2, 0.25) is 0 Å². The summed E-state index contributed by atoms with van der Waals surface area (Å²) in [5.41, 5.74) is 1.60. The first-order valence-electron chi connectivity index (χ1n) is 8.25. The zero-order valence-corrected chi connectivity index (χ0v) is 16.1. The average Bonchev–Trinajstić information content (AvgIpc) is 2.89. The fourth-order valence-corrected chi connectivity index (χ4v) is 3.22. The molecule has 7 nitrogen and oxygen atoms in total. The fraction of sp³-hybridized carbons (Fsp3) is 0.333. The lowest BCUT2D eigenvalue weighted by atomic mass is 10.2. The molecule has 26 heavy (non-hydrogen) atoms. The lowest BCUT2D eigenvalue weighted by Gasteiger charge is -2.16. The number of aryl methyl sites for hydroxylation is 1. The van der Waals surface area contributed by atoms with Crippen LogP contribution in [0.2, 0.25) is 0 Å². The van der Waals surface area contributed by atoms with Crippen LogP contribution in [0.1, 0.15) is 25.5 Å². The molecule has 0 bridgehead atoms. The van der Waals surface area contributed by atoms with Gasteiger partial charge in [0.1, 0.15) is 5.39 Å². The molecule has 8 heteroatoms. The van der Waals surface area contributed by atoms with E-state index in [0.717, 1.165) is 0 Å². The van der Waals surface area contributed by atoms with Crippen LogP contribution >= 0.6 is 11.8 Å². The third kappa shape index (κ3) is 2.90. The largest absolute Gasteiger partial charge is 0.311 e. The maximum atomic E-state index is 12.8. The number of hydrogen-bond acceptors (Lipinski definition) is 5. The molecule has 136 valence electrons. The van der Waals surface area contributed by atoms with Crippen molar-refractivity contribution in [3.63, 3.8) is 0 Å². The molecular weight excluding hydrogens is 350 g/mol. The molecule has 0 radical (unpaired) electrons. The van der Waals surface area contributed by atoms with E-state index in [9.17, 15) is 9.59 Å². The number of thioether (sulfide) groups is 1. The van der Waals surface area contributed by atoms with Gasteiger partial charge < -0.3 is 4.57 Å². The van der Waals surface area contributed by atoms with Gasteiger partial charge in [-0.2, -0.15) is 0 Å². The second-order valence-corrected chi connectivity index (χ2v) is 7.04. The maximum Gasteiger partial charge on any atom is 0.278 e. The molecule has 0 spiro atoms. The van der Waals surface area contributed by atoms with Crippen molar-refractivity contribution in [2.75, 3.05) is 6.26 Å². The van der Waals surface area contributed by atoms with Crippen molar-refractivity contribution in [1.82, 2.24) is 23.9 Å². The van der Waals surface area contributed by atoms with Crippen LogP contribution in [0.4, 0.5) is 0 Å². The van der Waals surface area contributed by atoms with Crippen LogP contribution in [-0.4, -0.2) is 30.2 Å². The number of aromatic nitrogens is 5. The molecule has 0 aliphatic carbocycles. The minimum Gasteiger partial charge on any atom is -0.311 e. The highest BCUT2D eigenvalue weighted by molar-refractivity contribution is 7.98. The molecule has 0 unspecified atom stereocenters. The van der Waals surface area contributed by atoms with Gasteiger partial charge in [-0.25, -0.2) is 19.3 Å². The predicted molar refractivity (Wildman–Crippen MR) is 104 cm³/mol. The topological polar surface area (TPSA) is 74.7 Å². The highest BCUT2D eigenvalue weighted by Crippen LogP contribution is 2.19. The van der Waals surface area contributed by atoms with Crippen molar-refractivity contribution in [1.29, 1.82) is 0 Å². The molecule has 0 aliphatic heterocycles. The molecule has 3 aromatic rings. The maximum absolute atomic E-state index is 12.8. The van der Waals surface area contributed by atoms with Gasteiger partial charge in [-0.3, -0.25) is 9.59 Å². The fourth-order valence-electron chi connectivity index (χ4n) is 2.89. The molecule has 0 amide bonds. The molecule has 0 aromatic carbocycles. The van der Waals surface area contributed by atoms with Crippen LogP contribution in [0.15, 0.2) is 45.9 Å². The number of nitrogens with zero attached hydrogens (tertiary/aromatic N) is 5. The number of fused-ring (bicyclic) bond motifs is 1. The third-order valence-corrected chi connectivity index (χ3v) is 4.71. The van der Waals surface area contributed by atoms with Crippen LogP contribution in [-0.2, 0) is 6.54 Å². The lowest BCUT2D eigenvalue weighted by Crippen LogP contribution is -2.26. The Hall–Kier alpha value is -2.61. The predicted octanol–water partition coefficient (Wildman–Crippen LogP) is 2.54. The summed E-state index contributed by atoms with van der Waals surface area (Å²) in [5, 5.41) is 1.01. The first-order valence-corrected chi connectivity index (χ1v) is 9.48. The second-order valence-electron chi connectivity index (χ2n) is 6.27. The molecule has 3 aromatic heterocycles. The molecule has 0 fully saturated rings. The highest BCUT2D eigenvalue weighted by Gasteiger charge is 2.18. The summed E-state index contributed by atoms with van der Waals surface area (Å²) in [6.07, 6.45) is 6.86. The Kier molecular flexibility index (Phi) is 4.86. The summed E-state index contributed by atoms with van der Waals surface area (Å²) in [6, 6.07) is 1.78. The summed E-state index contributed by atoms with van der Waals surface area (Å²) in [7, 11) is 0. The Morgan fingerprint density at radius 1 is 1.31 bits per heavy atom. The van der Waals surface area contributed by atoms with Crippen LogP contribution in [0.3, 0.4) is 0 Å².